The SMILES string of the molecule is Fc1ccc2c(cnn2CC2CCNC2)c1. The number of halogens is 1. The molecule has 1 aliphatic heterocycles. The van der Waals surface area contributed by atoms with Gasteiger partial charge in [0.1, 0.15) is 5.82 Å². The van der Waals surface area contributed by atoms with Crippen molar-refractivity contribution in [3.05, 3.63) is 30.2 Å². The standard InChI is InChI=1S/C12H14FN3/c13-11-1-2-12-10(5-11)7-15-16(12)8-9-3-4-14-6-9/h1-2,5,7,9,14H,3-4,6,8H2. The summed E-state index contributed by atoms with van der Waals surface area (Å²) in [6, 6.07) is 4.83. The minimum atomic E-state index is -0.199. The molecule has 0 amide bonds. The van der Waals surface area contributed by atoms with Crippen LogP contribution in [0.15, 0.2) is 24.4 Å². The molecule has 3 nitrogen and oxygen atoms in total. The second-order valence-electron chi connectivity index (χ2n) is 4.39. The van der Waals surface area contributed by atoms with Crippen molar-refractivity contribution in [2.45, 2.75) is 13.0 Å². The fraction of sp³-hybridized carbons (Fsp3) is 0.417. The van der Waals surface area contributed by atoms with E-state index >= 15 is 0 Å². The molecule has 0 aliphatic carbocycles. The Morgan fingerprint density at radius 3 is 3.25 bits per heavy atom. The summed E-state index contributed by atoms with van der Waals surface area (Å²) in [7, 11) is 0. The quantitative estimate of drug-likeness (QED) is 0.834. The second-order valence-corrected chi connectivity index (χ2v) is 4.39. The van der Waals surface area contributed by atoms with Crippen molar-refractivity contribution in [2.24, 2.45) is 5.92 Å². The van der Waals surface area contributed by atoms with Crippen LogP contribution in [0.5, 0.6) is 0 Å². The molecule has 1 aromatic carbocycles. The number of nitrogens with one attached hydrogen (secondary N) is 1. The summed E-state index contributed by atoms with van der Waals surface area (Å²) in [5.41, 5.74) is 1.02. The Kier molecular flexibility index (Phi) is 2.36. The summed E-state index contributed by atoms with van der Waals surface area (Å²) >= 11 is 0. The number of rotatable bonds is 2. The maximum Gasteiger partial charge on any atom is 0.124 e. The molecule has 2 aromatic rings. The zero-order valence-corrected chi connectivity index (χ0v) is 8.99. The number of hydrogen-bond donors (Lipinski definition) is 1. The van der Waals surface area contributed by atoms with Crippen molar-refractivity contribution >= 4 is 10.9 Å². The van der Waals surface area contributed by atoms with Crippen LogP contribution in [0.25, 0.3) is 10.9 Å². The van der Waals surface area contributed by atoms with E-state index in [1.54, 1.807) is 12.3 Å². The van der Waals surface area contributed by atoms with E-state index in [0.29, 0.717) is 5.92 Å². The molecule has 1 saturated heterocycles. The Labute approximate surface area is 93.3 Å². The lowest BCUT2D eigenvalue weighted by Crippen LogP contribution is -2.15. The van der Waals surface area contributed by atoms with Gasteiger partial charge in [0.25, 0.3) is 0 Å². The van der Waals surface area contributed by atoms with Crippen molar-refractivity contribution in [3.8, 4) is 0 Å². The first-order chi connectivity index (χ1) is 7.83. The van der Waals surface area contributed by atoms with E-state index in [4.69, 9.17) is 0 Å². The zero-order chi connectivity index (χ0) is 11.0. The van der Waals surface area contributed by atoms with Gasteiger partial charge in [0.15, 0.2) is 0 Å². The first-order valence-corrected chi connectivity index (χ1v) is 5.65. The van der Waals surface area contributed by atoms with Crippen LogP contribution in [0, 0.1) is 11.7 Å². The molecule has 0 saturated carbocycles. The minimum absolute atomic E-state index is 0.199. The molecular weight excluding hydrogens is 205 g/mol. The molecule has 2 heterocycles. The van der Waals surface area contributed by atoms with E-state index in [1.165, 1.54) is 18.6 Å². The third-order valence-corrected chi connectivity index (χ3v) is 3.20. The lowest BCUT2D eigenvalue weighted by atomic mass is 10.1. The highest BCUT2D eigenvalue weighted by atomic mass is 19.1. The van der Waals surface area contributed by atoms with Gasteiger partial charge in [-0.05, 0) is 43.6 Å². The molecular formula is C12H14FN3. The first-order valence-electron chi connectivity index (χ1n) is 5.65. The van der Waals surface area contributed by atoms with Crippen LogP contribution in [0.1, 0.15) is 6.42 Å². The van der Waals surface area contributed by atoms with Gasteiger partial charge in [0.05, 0.1) is 11.7 Å². The van der Waals surface area contributed by atoms with E-state index in [1.807, 2.05) is 4.68 Å². The van der Waals surface area contributed by atoms with Crippen molar-refractivity contribution in [3.63, 3.8) is 0 Å². The molecule has 1 fully saturated rings. The fourth-order valence-corrected chi connectivity index (χ4v) is 2.32. The van der Waals surface area contributed by atoms with Crippen molar-refractivity contribution in [1.29, 1.82) is 0 Å². The maximum absolute atomic E-state index is 13.0. The molecule has 1 unspecified atom stereocenters. The van der Waals surface area contributed by atoms with Crippen molar-refractivity contribution in [1.82, 2.24) is 15.1 Å². The Morgan fingerprint density at radius 2 is 2.44 bits per heavy atom. The third-order valence-electron chi connectivity index (χ3n) is 3.20. The van der Waals surface area contributed by atoms with Crippen LogP contribution < -0.4 is 5.32 Å². The normalized spacial score (nSPS) is 20.7. The predicted molar refractivity (Wildman–Crippen MR) is 60.7 cm³/mol. The fourth-order valence-electron chi connectivity index (χ4n) is 2.32. The summed E-state index contributed by atoms with van der Waals surface area (Å²) < 4.78 is 15.0. The van der Waals surface area contributed by atoms with E-state index in [2.05, 4.69) is 10.4 Å². The Morgan fingerprint density at radius 1 is 1.50 bits per heavy atom. The average Bonchev–Trinajstić information content (AvgIpc) is 2.89. The molecule has 0 spiro atoms. The summed E-state index contributed by atoms with van der Waals surface area (Å²) in [5, 5.41) is 8.54. The minimum Gasteiger partial charge on any atom is -0.316 e. The van der Waals surface area contributed by atoms with Crippen LogP contribution in [-0.2, 0) is 6.54 Å². The lowest BCUT2D eigenvalue weighted by molar-refractivity contribution is 0.459. The molecule has 1 aromatic heterocycles. The van der Waals surface area contributed by atoms with Crippen LogP contribution in [0.4, 0.5) is 4.39 Å². The zero-order valence-electron chi connectivity index (χ0n) is 8.99. The van der Waals surface area contributed by atoms with E-state index in [0.717, 1.165) is 30.5 Å². The Hall–Kier alpha value is -1.42. The molecule has 0 bridgehead atoms. The van der Waals surface area contributed by atoms with Crippen LogP contribution in [0.2, 0.25) is 0 Å². The lowest BCUT2D eigenvalue weighted by Gasteiger charge is -2.09. The number of fused-ring (bicyclic) bond motifs is 1. The molecule has 1 atom stereocenters. The highest BCUT2D eigenvalue weighted by Crippen LogP contribution is 2.18. The van der Waals surface area contributed by atoms with Crippen LogP contribution in [-0.4, -0.2) is 22.9 Å². The molecule has 1 N–H and O–H groups in total. The summed E-state index contributed by atoms with van der Waals surface area (Å²) in [6.45, 7) is 3.07. The van der Waals surface area contributed by atoms with Gasteiger partial charge in [-0.1, -0.05) is 0 Å². The predicted octanol–water partition coefficient (Wildman–Crippen LogP) is 1.78. The maximum atomic E-state index is 13.0. The van der Waals surface area contributed by atoms with Gasteiger partial charge in [0, 0.05) is 11.9 Å². The molecule has 84 valence electrons. The summed E-state index contributed by atoms with van der Waals surface area (Å²) in [6.07, 6.45) is 2.93. The number of hydrogen-bond acceptors (Lipinski definition) is 2. The van der Waals surface area contributed by atoms with E-state index in [-0.39, 0.29) is 5.82 Å². The largest absolute Gasteiger partial charge is 0.316 e. The highest BCUT2D eigenvalue weighted by Gasteiger charge is 2.16. The van der Waals surface area contributed by atoms with Gasteiger partial charge >= 0.3 is 0 Å². The highest BCUT2D eigenvalue weighted by molar-refractivity contribution is 5.78. The first kappa shape index (κ1) is 9.78. The number of nitrogens with zero attached hydrogens (tertiary/aromatic N) is 2. The topological polar surface area (TPSA) is 29.9 Å². The third kappa shape index (κ3) is 1.69. The van der Waals surface area contributed by atoms with Gasteiger partial charge in [-0.2, -0.15) is 5.10 Å². The van der Waals surface area contributed by atoms with Gasteiger partial charge in [-0.25, -0.2) is 4.39 Å². The Balaban J connectivity index is 1.91. The molecule has 0 radical (unpaired) electrons. The summed E-state index contributed by atoms with van der Waals surface area (Å²) in [5.74, 6) is 0.447. The van der Waals surface area contributed by atoms with E-state index in [9.17, 15) is 4.39 Å². The number of benzene rings is 1. The van der Waals surface area contributed by atoms with Crippen molar-refractivity contribution in [2.75, 3.05) is 13.1 Å². The van der Waals surface area contributed by atoms with E-state index < -0.39 is 0 Å². The van der Waals surface area contributed by atoms with Gasteiger partial charge in [0.2, 0.25) is 0 Å². The van der Waals surface area contributed by atoms with Crippen molar-refractivity contribution < 1.29 is 4.39 Å². The van der Waals surface area contributed by atoms with Gasteiger partial charge in [-0.15, -0.1) is 0 Å². The Bertz CT molecular complexity index is 500. The van der Waals surface area contributed by atoms with Crippen LogP contribution >= 0.6 is 0 Å². The smallest absolute Gasteiger partial charge is 0.124 e. The molecule has 16 heavy (non-hydrogen) atoms. The van der Waals surface area contributed by atoms with Crippen LogP contribution in [0.3, 0.4) is 0 Å². The van der Waals surface area contributed by atoms with Gasteiger partial charge < -0.3 is 5.32 Å². The average molecular weight is 219 g/mol. The molecule has 1 aliphatic rings. The summed E-state index contributed by atoms with van der Waals surface area (Å²) in [4.78, 5) is 0. The molecule has 3 rings (SSSR count). The monoisotopic (exact) mass is 219 g/mol. The van der Waals surface area contributed by atoms with Gasteiger partial charge in [-0.3, -0.25) is 4.68 Å². The molecule has 4 heteroatoms. The second kappa shape index (κ2) is 3.87. The number of aromatic nitrogens is 2.